The number of aryl methyl sites for hydroxylation is 1. The summed E-state index contributed by atoms with van der Waals surface area (Å²) in [5, 5.41) is 13.0. The molecule has 0 aliphatic carbocycles. The van der Waals surface area contributed by atoms with Gasteiger partial charge in [-0.25, -0.2) is 0 Å². The summed E-state index contributed by atoms with van der Waals surface area (Å²) in [6, 6.07) is 19.0. The van der Waals surface area contributed by atoms with E-state index in [1.165, 1.54) is 11.8 Å². The summed E-state index contributed by atoms with van der Waals surface area (Å²) in [6.07, 6.45) is 1.63. The maximum atomic E-state index is 12.6. The molecule has 2 aromatic carbocycles. The SMILES string of the molecule is Cc1occc1-c1nnc(SCC(=O)NC(C)c2ccc(Cl)cc2)n1-c1ccccc1. The third-order valence-corrected chi connectivity index (χ3v) is 6.01. The zero-order valence-electron chi connectivity index (χ0n) is 17.1. The molecule has 0 fully saturated rings. The number of hydrogen-bond donors (Lipinski definition) is 1. The fourth-order valence-electron chi connectivity index (χ4n) is 3.21. The molecule has 8 heteroatoms. The minimum absolute atomic E-state index is 0.0869. The molecule has 0 bridgehead atoms. The van der Waals surface area contributed by atoms with E-state index in [0.717, 1.165) is 22.6 Å². The Kier molecular flexibility index (Phi) is 6.44. The number of aromatic nitrogens is 3. The molecule has 158 valence electrons. The van der Waals surface area contributed by atoms with Gasteiger partial charge in [-0.1, -0.05) is 53.7 Å². The number of nitrogens with one attached hydrogen (secondary N) is 1. The molecule has 4 rings (SSSR count). The molecule has 6 nitrogen and oxygen atoms in total. The number of furan rings is 1. The van der Waals surface area contributed by atoms with Gasteiger partial charge in [-0.15, -0.1) is 10.2 Å². The van der Waals surface area contributed by atoms with Crippen LogP contribution in [0.15, 0.2) is 76.5 Å². The van der Waals surface area contributed by atoms with Crippen LogP contribution >= 0.6 is 23.4 Å². The second-order valence-corrected chi connectivity index (χ2v) is 8.38. The van der Waals surface area contributed by atoms with Gasteiger partial charge in [-0.3, -0.25) is 9.36 Å². The highest BCUT2D eigenvalue weighted by molar-refractivity contribution is 7.99. The molecule has 2 heterocycles. The van der Waals surface area contributed by atoms with Gasteiger partial charge >= 0.3 is 0 Å². The smallest absolute Gasteiger partial charge is 0.230 e. The zero-order chi connectivity index (χ0) is 21.8. The molecular weight excluding hydrogens is 432 g/mol. The van der Waals surface area contributed by atoms with Gasteiger partial charge in [0.2, 0.25) is 5.91 Å². The number of nitrogens with zero attached hydrogens (tertiary/aromatic N) is 3. The van der Waals surface area contributed by atoms with Crippen molar-refractivity contribution in [3.8, 4) is 17.1 Å². The second kappa shape index (κ2) is 9.41. The number of thioether (sulfide) groups is 1. The van der Waals surface area contributed by atoms with E-state index in [4.69, 9.17) is 16.0 Å². The molecule has 0 aliphatic heterocycles. The Morgan fingerprint density at radius 1 is 1.13 bits per heavy atom. The topological polar surface area (TPSA) is 72.9 Å². The van der Waals surface area contributed by atoms with Crippen LogP contribution in [0.1, 0.15) is 24.3 Å². The lowest BCUT2D eigenvalue weighted by atomic mass is 10.1. The summed E-state index contributed by atoms with van der Waals surface area (Å²) < 4.78 is 7.39. The molecule has 1 unspecified atom stereocenters. The molecule has 2 aromatic heterocycles. The highest BCUT2D eigenvalue weighted by Crippen LogP contribution is 2.30. The highest BCUT2D eigenvalue weighted by Gasteiger charge is 2.20. The molecule has 1 N–H and O–H groups in total. The van der Waals surface area contributed by atoms with Crippen molar-refractivity contribution >= 4 is 29.3 Å². The van der Waals surface area contributed by atoms with E-state index in [2.05, 4.69) is 15.5 Å². The first-order valence-corrected chi connectivity index (χ1v) is 11.1. The van der Waals surface area contributed by atoms with Gasteiger partial charge in [0.05, 0.1) is 23.6 Å². The average Bonchev–Trinajstić information content (AvgIpc) is 3.39. The van der Waals surface area contributed by atoms with Gasteiger partial charge in [-0.2, -0.15) is 0 Å². The summed E-state index contributed by atoms with van der Waals surface area (Å²) in [6.45, 7) is 3.83. The predicted molar refractivity (Wildman–Crippen MR) is 123 cm³/mol. The fraction of sp³-hybridized carbons (Fsp3) is 0.174. The van der Waals surface area contributed by atoms with Crippen molar-refractivity contribution in [1.82, 2.24) is 20.1 Å². The molecule has 0 aliphatic rings. The highest BCUT2D eigenvalue weighted by atomic mass is 35.5. The lowest BCUT2D eigenvalue weighted by Gasteiger charge is -2.14. The van der Waals surface area contributed by atoms with Crippen LogP contribution in [0.4, 0.5) is 0 Å². The lowest BCUT2D eigenvalue weighted by molar-refractivity contribution is -0.119. The summed E-state index contributed by atoms with van der Waals surface area (Å²) in [5.74, 6) is 1.56. The minimum Gasteiger partial charge on any atom is -0.469 e. The van der Waals surface area contributed by atoms with Crippen LogP contribution in [0.2, 0.25) is 5.02 Å². The van der Waals surface area contributed by atoms with Gasteiger partial charge < -0.3 is 9.73 Å². The van der Waals surface area contributed by atoms with Crippen molar-refractivity contribution in [2.45, 2.75) is 25.0 Å². The molecule has 4 aromatic rings. The predicted octanol–water partition coefficient (Wildman–Crippen LogP) is 5.46. The Labute approximate surface area is 189 Å². The molecule has 1 atom stereocenters. The van der Waals surface area contributed by atoms with Crippen LogP contribution in [0.25, 0.3) is 17.1 Å². The monoisotopic (exact) mass is 452 g/mol. The Bertz CT molecular complexity index is 1170. The van der Waals surface area contributed by atoms with E-state index in [9.17, 15) is 4.79 Å². The van der Waals surface area contributed by atoms with Crippen molar-refractivity contribution in [2.24, 2.45) is 0 Å². The van der Waals surface area contributed by atoms with Crippen molar-refractivity contribution in [2.75, 3.05) is 5.75 Å². The van der Waals surface area contributed by atoms with Crippen LogP contribution in [-0.2, 0) is 4.79 Å². The zero-order valence-corrected chi connectivity index (χ0v) is 18.7. The Balaban J connectivity index is 1.52. The van der Waals surface area contributed by atoms with Crippen LogP contribution in [0.3, 0.4) is 0 Å². The molecule has 0 radical (unpaired) electrons. The number of benzene rings is 2. The van der Waals surface area contributed by atoms with E-state index in [0.29, 0.717) is 16.0 Å². The quantitative estimate of drug-likeness (QED) is 0.377. The summed E-state index contributed by atoms with van der Waals surface area (Å²) in [4.78, 5) is 12.6. The van der Waals surface area contributed by atoms with Gasteiger partial charge in [-0.05, 0) is 49.7 Å². The van der Waals surface area contributed by atoms with Crippen molar-refractivity contribution < 1.29 is 9.21 Å². The molecule has 0 spiro atoms. The molecular formula is C23H21ClN4O2S. The second-order valence-electron chi connectivity index (χ2n) is 7.00. The first-order valence-electron chi connectivity index (χ1n) is 9.76. The number of halogens is 1. The maximum Gasteiger partial charge on any atom is 0.230 e. The third kappa shape index (κ3) is 4.84. The van der Waals surface area contributed by atoms with E-state index < -0.39 is 0 Å². The van der Waals surface area contributed by atoms with E-state index in [1.807, 2.05) is 79.1 Å². The summed E-state index contributed by atoms with van der Waals surface area (Å²) in [5.41, 5.74) is 2.78. The molecule has 0 saturated carbocycles. The number of carbonyl (C=O) groups excluding carboxylic acids is 1. The number of carbonyl (C=O) groups is 1. The molecule has 1 amide bonds. The van der Waals surface area contributed by atoms with Crippen LogP contribution < -0.4 is 5.32 Å². The first-order chi connectivity index (χ1) is 15.0. The third-order valence-electron chi connectivity index (χ3n) is 4.83. The lowest BCUT2D eigenvalue weighted by Crippen LogP contribution is -2.28. The Hall–Kier alpha value is -3.03. The van der Waals surface area contributed by atoms with Crippen molar-refractivity contribution in [1.29, 1.82) is 0 Å². The van der Waals surface area contributed by atoms with Gasteiger partial charge in [0.15, 0.2) is 11.0 Å². The van der Waals surface area contributed by atoms with Gasteiger partial charge in [0.1, 0.15) is 5.76 Å². The fourth-order valence-corrected chi connectivity index (χ4v) is 4.10. The Morgan fingerprint density at radius 2 is 1.87 bits per heavy atom. The van der Waals surface area contributed by atoms with Crippen LogP contribution in [0, 0.1) is 6.92 Å². The number of rotatable bonds is 7. The standard InChI is InChI=1S/C23H21ClN4O2S/c1-15(17-8-10-18(24)11-9-17)25-21(29)14-31-23-27-26-22(20-12-13-30-16(20)2)28(23)19-6-4-3-5-7-19/h3-13,15H,14H2,1-2H3,(H,25,29). The van der Waals surface area contributed by atoms with Crippen LogP contribution in [-0.4, -0.2) is 26.4 Å². The van der Waals surface area contributed by atoms with Gasteiger partial charge in [0, 0.05) is 10.7 Å². The van der Waals surface area contributed by atoms with Gasteiger partial charge in [0.25, 0.3) is 0 Å². The maximum absolute atomic E-state index is 12.6. The average molecular weight is 453 g/mol. The molecule has 31 heavy (non-hydrogen) atoms. The van der Waals surface area contributed by atoms with Crippen LogP contribution in [0.5, 0.6) is 0 Å². The van der Waals surface area contributed by atoms with E-state index in [1.54, 1.807) is 6.26 Å². The number of para-hydroxylation sites is 1. The van der Waals surface area contributed by atoms with E-state index >= 15 is 0 Å². The molecule has 0 saturated heterocycles. The minimum atomic E-state index is -0.124. The first kappa shape index (κ1) is 21.2. The summed E-state index contributed by atoms with van der Waals surface area (Å²) >= 11 is 7.28. The van der Waals surface area contributed by atoms with Crippen molar-refractivity contribution in [3.63, 3.8) is 0 Å². The number of amides is 1. The van der Waals surface area contributed by atoms with E-state index in [-0.39, 0.29) is 17.7 Å². The normalized spacial score (nSPS) is 12.0. The largest absolute Gasteiger partial charge is 0.469 e. The summed E-state index contributed by atoms with van der Waals surface area (Å²) in [7, 11) is 0. The number of hydrogen-bond acceptors (Lipinski definition) is 5. The Morgan fingerprint density at radius 3 is 2.55 bits per heavy atom. The van der Waals surface area contributed by atoms with Crippen molar-refractivity contribution in [3.05, 3.63) is 83.3 Å².